The number of carbonyl (C=O) groups excluding carboxylic acids is 4. The monoisotopic (exact) mass is 456 g/mol. The highest BCUT2D eigenvalue weighted by Gasteiger charge is 2.23. The number of amides is 3. The normalized spacial score (nSPS) is 11.9. The summed E-state index contributed by atoms with van der Waals surface area (Å²) in [6, 6.07) is 4.30. The second kappa shape index (κ2) is 10.2. The number of hydrogen-bond acceptors (Lipinski definition) is 6. The molecule has 1 rings (SSSR count). The average molecular weight is 457 g/mol. The van der Waals surface area contributed by atoms with Gasteiger partial charge in [-0.15, -0.1) is 0 Å². The van der Waals surface area contributed by atoms with Gasteiger partial charge in [0.2, 0.25) is 0 Å². The van der Waals surface area contributed by atoms with E-state index in [1.54, 1.807) is 39.0 Å². The van der Waals surface area contributed by atoms with Crippen molar-refractivity contribution in [2.45, 2.75) is 52.2 Å². The minimum Gasteiger partial charge on any atom is -0.496 e. The van der Waals surface area contributed by atoms with Crippen molar-refractivity contribution in [3.05, 3.63) is 28.2 Å². The first kappa shape index (κ1) is 23.6. The Morgan fingerprint density at radius 2 is 1.79 bits per heavy atom. The molecule has 3 amide bonds. The molecule has 0 aromatic heterocycles. The molecule has 0 saturated carbocycles. The number of carbonyl (C=O) groups is 4. The molecule has 8 nitrogen and oxygen atoms in total. The topological polar surface area (TPSA) is 111 Å². The van der Waals surface area contributed by atoms with E-state index in [-0.39, 0.29) is 18.6 Å². The lowest BCUT2D eigenvalue weighted by molar-refractivity contribution is -0.154. The fourth-order valence-corrected chi connectivity index (χ4v) is 2.50. The SMILES string of the molecule is COc1ccc(Br)cc1C(=O)CCC(=O)OC(C)C(=O)NC(=O)NC(C)(C)C. The van der Waals surface area contributed by atoms with E-state index >= 15 is 0 Å². The zero-order valence-corrected chi connectivity index (χ0v) is 18.1. The fraction of sp³-hybridized carbons (Fsp3) is 0.474. The first-order valence-corrected chi connectivity index (χ1v) is 9.41. The molecule has 9 heteroatoms. The van der Waals surface area contributed by atoms with Gasteiger partial charge in [-0.1, -0.05) is 15.9 Å². The first-order valence-electron chi connectivity index (χ1n) is 8.62. The third-order valence-electron chi connectivity index (χ3n) is 3.42. The molecule has 1 unspecified atom stereocenters. The number of ether oxygens (including phenoxy) is 2. The Morgan fingerprint density at radius 1 is 1.14 bits per heavy atom. The second-order valence-electron chi connectivity index (χ2n) is 7.09. The van der Waals surface area contributed by atoms with E-state index in [9.17, 15) is 19.2 Å². The highest BCUT2D eigenvalue weighted by Crippen LogP contribution is 2.24. The van der Waals surface area contributed by atoms with Crippen LogP contribution in [0.4, 0.5) is 4.79 Å². The van der Waals surface area contributed by atoms with Crippen molar-refractivity contribution in [2.24, 2.45) is 0 Å². The van der Waals surface area contributed by atoms with Gasteiger partial charge >= 0.3 is 12.0 Å². The molecule has 0 heterocycles. The lowest BCUT2D eigenvalue weighted by Gasteiger charge is -2.21. The summed E-state index contributed by atoms with van der Waals surface area (Å²) in [5, 5.41) is 4.66. The number of nitrogens with one attached hydrogen (secondary N) is 2. The molecule has 0 aliphatic carbocycles. The molecule has 0 aliphatic rings. The summed E-state index contributed by atoms with van der Waals surface area (Å²) in [4.78, 5) is 47.9. The van der Waals surface area contributed by atoms with Gasteiger partial charge < -0.3 is 14.8 Å². The summed E-state index contributed by atoms with van der Waals surface area (Å²) in [7, 11) is 1.45. The van der Waals surface area contributed by atoms with Crippen molar-refractivity contribution in [1.82, 2.24) is 10.6 Å². The highest BCUT2D eigenvalue weighted by molar-refractivity contribution is 9.10. The number of imide groups is 1. The maximum atomic E-state index is 12.3. The summed E-state index contributed by atoms with van der Waals surface area (Å²) in [5.74, 6) is -1.37. The van der Waals surface area contributed by atoms with Crippen molar-refractivity contribution in [2.75, 3.05) is 7.11 Å². The van der Waals surface area contributed by atoms with Crippen LogP contribution in [-0.2, 0) is 14.3 Å². The summed E-state index contributed by atoms with van der Waals surface area (Å²) in [6.45, 7) is 6.63. The van der Waals surface area contributed by atoms with Crippen LogP contribution in [0.1, 0.15) is 50.9 Å². The Kier molecular flexibility index (Phi) is 8.62. The molecule has 1 aromatic rings. The lowest BCUT2D eigenvalue weighted by Crippen LogP contribution is -2.50. The molecular weight excluding hydrogens is 432 g/mol. The van der Waals surface area contributed by atoms with Crippen LogP contribution in [0.25, 0.3) is 0 Å². The lowest BCUT2D eigenvalue weighted by atomic mass is 10.1. The Bertz CT molecular complexity index is 757. The molecule has 0 fully saturated rings. The molecule has 0 spiro atoms. The number of esters is 1. The number of methoxy groups -OCH3 is 1. The minimum absolute atomic E-state index is 0.107. The number of benzene rings is 1. The van der Waals surface area contributed by atoms with Crippen LogP contribution >= 0.6 is 15.9 Å². The third-order valence-corrected chi connectivity index (χ3v) is 3.91. The predicted molar refractivity (Wildman–Crippen MR) is 106 cm³/mol. The smallest absolute Gasteiger partial charge is 0.321 e. The van der Waals surface area contributed by atoms with Crippen LogP contribution < -0.4 is 15.4 Å². The maximum Gasteiger partial charge on any atom is 0.321 e. The van der Waals surface area contributed by atoms with E-state index in [1.807, 2.05) is 0 Å². The van der Waals surface area contributed by atoms with Crippen molar-refractivity contribution in [3.8, 4) is 5.75 Å². The van der Waals surface area contributed by atoms with Gasteiger partial charge in [0, 0.05) is 16.4 Å². The Balaban J connectivity index is 2.53. The molecule has 0 aliphatic heterocycles. The summed E-state index contributed by atoms with van der Waals surface area (Å²) in [6.07, 6.45) is -1.49. The second-order valence-corrected chi connectivity index (χ2v) is 8.01. The number of ketones is 1. The molecule has 0 bridgehead atoms. The first-order chi connectivity index (χ1) is 12.9. The van der Waals surface area contributed by atoms with Crippen molar-refractivity contribution >= 4 is 39.6 Å². The number of urea groups is 1. The van der Waals surface area contributed by atoms with E-state index in [4.69, 9.17) is 9.47 Å². The number of halogens is 1. The van der Waals surface area contributed by atoms with E-state index < -0.39 is 29.6 Å². The van der Waals surface area contributed by atoms with E-state index in [2.05, 4.69) is 26.6 Å². The molecule has 2 N–H and O–H groups in total. The van der Waals surface area contributed by atoms with Gasteiger partial charge in [0.05, 0.1) is 19.1 Å². The van der Waals surface area contributed by atoms with Crippen LogP contribution in [0.3, 0.4) is 0 Å². The third kappa shape index (κ3) is 8.08. The van der Waals surface area contributed by atoms with Gasteiger partial charge in [-0.05, 0) is 45.9 Å². The van der Waals surface area contributed by atoms with Crippen molar-refractivity contribution in [3.63, 3.8) is 0 Å². The molecule has 28 heavy (non-hydrogen) atoms. The predicted octanol–water partition coefficient (Wildman–Crippen LogP) is 2.98. The van der Waals surface area contributed by atoms with E-state index in [0.29, 0.717) is 15.8 Å². The maximum absolute atomic E-state index is 12.3. The van der Waals surface area contributed by atoms with Crippen molar-refractivity contribution in [1.29, 1.82) is 0 Å². The van der Waals surface area contributed by atoms with E-state index in [0.717, 1.165) is 0 Å². The number of hydrogen-bond donors (Lipinski definition) is 2. The largest absolute Gasteiger partial charge is 0.496 e. The van der Waals surface area contributed by atoms with Gasteiger partial charge in [-0.25, -0.2) is 4.79 Å². The molecular formula is C19H25BrN2O6. The van der Waals surface area contributed by atoms with Crippen LogP contribution in [0, 0.1) is 0 Å². The zero-order chi connectivity index (χ0) is 21.5. The van der Waals surface area contributed by atoms with Gasteiger partial charge in [0.1, 0.15) is 5.75 Å². The van der Waals surface area contributed by atoms with Crippen LogP contribution in [-0.4, -0.2) is 42.4 Å². The van der Waals surface area contributed by atoms with Gasteiger partial charge in [-0.2, -0.15) is 0 Å². The quantitative estimate of drug-likeness (QED) is 0.481. The summed E-state index contributed by atoms with van der Waals surface area (Å²) in [5.41, 5.74) is -0.174. The molecule has 154 valence electrons. The highest BCUT2D eigenvalue weighted by atomic mass is 79.9. The molecule has 0 saturated heterocycles. The van der Waals surface area contributed by atoms with Crippen LogP contribution in [0.15, 0.2) is 22.7 Å². The Hall–Kier alpha value is -2.42. The summed E-state index contributed by atoms with van der Waals surface area (Å²) >= 11 is 3.28. The van der Waals surface area contributed by atoms with Gasteiger partial charge in [0.15, 0.2) is 11.9 Å². The van der Waals surface area contributed by atoms with E-state index in [1.165, 1.54) is 14.0 Å². The van der Waals surface area contributed by atoms with Crippen LogP contribution in [0.5, 0.6) is 5.75 Å². The Morgan fingerprint density at radius 3 is 2.36 bits per heavy atom. The van der Waals surface area contributed by atoms with Gasteiger partial charge in [0.25, 0.3) is 5.91 Å². The zero-order valence-electron chi connectivity index (χ0n) is 16.6. The summed E-state index contributed by atoms with van der Waals surface area (Å²) < 4.78 is 10.8. The Labute approximate surface area is 172 Å². The molecule has 0 radical (unpaired) electrons. The minimum atomic E-state index is -1.17. The van der Waals surface area contributed by atoms with Crippen LogP contribution in [0.2, 0.25) is 0 Å². The molecule has 1 aromatic carbocycles. The standard InChI is InChI=1S/C19H25BrN2O6/c1-11(17(25)21-18(26)22-19(2,3)4)28-16(24)9-7-14(23)13-10-12(20)6-8-15(13)27-5/h6,8,10-11H,7,9H2,1-5H3,(H2,21,22,25,26). The average Bonchev–Trinajstić information content (AvgIpc) is 2.57. The number of Topliss-reactive ketones (excluding diaryl/α,β-unsaturated/α-hetero) is 1. The molecule has 1 atom stereocenters. The van der Waals surface area contributed by atoms with Gasteiger partial charge in [-0.3, -0.25) is 19.7 Å². The van der Waals surface area contributed by atoms with Crippen molar-refractivity contribution < 1.29 is 28.7 Å². The number of rotatable bonds is 7. The fourth-order valence-electron chi connectivity index (χ4n) is 2.14.